The molecule has 0 aromatic heterocycles. The summed E-state index contributed by atoms with van der Waals surface area (Å²) in [6.07, 6.45) is 0. The summed E-state index contributed by atoms with van der Waals surface area (Å²) in [6.45, 7) is 0. The lowest BCUT2D eigenvalue weighted by molar-refractivity contribution is 0.101. The quantitative estimate of drug-likeness (QED) is 0.693. The van der Waals surface area contributed by atoms with E-state index < -0.39 is 0 Å². The van der Waals surface area contributed by atoms with Crippen molar-refractivity contribution in [2.24, 2.45) is 0 Å². The van der Waals surface area contributed by atoms with Crippen LogP contribution in [0.2, 0.25) is 0 Å². The third-order valence-electron chi connectivity index (χ3n) is 4.30. The van der Waals surface area contributed by atoms with Gasteiger partial charge in [0.2, 0.25) is 0 Å². The summed E-state index contributed by atoms with van der Waals surface area (Å²) in [5.74, 6) is -0.567. The predicted molar refractivity (Wildman–Crippen MR) is 114 cm³/mol. The van der Waals surface area contributed by atoms with Crippen LogP contribution in [0.4, 0.5) is 17.1 Å². The maximum atomic E-state index is 12.4. The highest BCUT2D eigenvalue weighted by Gasteiger charge is 2.10. The molecular weight excluding hydrogens is 364 g/mol. The molecule has 2 N–H and O–H groups in total. The van der Waals surface area contributed by atoms with Crippen molar-refractivity contribution in [3.8, 4) is 6.07 Å². The van der Waals surface area contributed by atoms with Crippen LogP contribution in [-0.4, -0.2) is 25.9 Å². The second kappa shape index (κ2) is 8.72. The summed E-state index contributed by atoms with van der Waals surface area (Å²) < 4.78 is 0. The normalized spacial score (nSPS) is 9.97. The Morgan fingerprint density at radius 1 is 0.793 bits per heavy atom. The van der Waals surface area contributed by atoms with Crippen molar-refractivity contribution in [2.45, 2.75) is 0 Å². The molecule has 0 aliphatic heterocycles. The highest BCUT2D eigenvalue weighted by atomic mass is 16.2. The number of carbonyl (C=O) groups excluding carboxylic acids is 2. The van der Waals surface area contributed by atoms with Crippen LogP contribution in [0, 0.1) is 11.3 Å². The van der Waals surface area contributed by atoms with Crippen molar-refractivity contribution in [1.82, 2.24) is 0 Å². The van der Waals surface area contributed by atoms with Crippen molar-refractivity contribution in [3.63, 3.8) is 0 Å². The van der Waals surface area contributed by atoms with Gasteiger partial charge in [0, 0.05) is 42.3 Å². The molecule has 3 aromatic carbocycles. The molecule has 0 bridgehead atoms. The molecule has 0 spiro atoms. The van der Waals surface area contributed by atoms with Crippen LogP contribution in [0.3, 0.4) is 0 Å². The van der Waals surface area contributed by atoms with Gasteiger partial charge in [0.1, 0.15) is 0 Å². The van der Waals surface area contributed by atoms with E-state index in [4.69, 9.17) is 5.26 Å². The Labute approximate surface area is 169 Å². The van der Waals surface area contributed by atoms with Gasteiger partial charge >= 0.3 is 0 Å². The highest BCUT2D eigenvalue weighted by molar-refractivity contribution is 6.07. The average molecular weight is 384 g/mol. The number of rotatable bonds is 5. The fourth-order valence-electron chi connectivity index (χ4n) is 2.69. The Balaban J connectivity index is 1.65. The topological polar surface area (TPSA) is 85.2 Å². The predicted octanol–water partition coefficient (Wildman–Crippen LogP) is 4.13. The molecule has 0 saturated carbocycles. The summed E-state index contributed by atoms with van der Waals surface area (Å²) >= 11 is 0. The summed E-state index contributed by atoms with van der Waals surface area (Å²) in [7, 11) is 3.90. The van der Waals surface area contributed by atoms with Crippen molar-refractivity contribution >= 4 is 28.9 Å². The van der Waals surface area contributed by atoms with Crippen molar-refractivity contribution in [1.29, 1.82) is 5.26 Å². The first-order valence-corrected chi connectivity index (χ1v) is 8.96. The van der Waals surface area contributed by atoms with Gasteiger partial charge in [0.05, 0.1) is 11.6 Å². The number of nitrogens with zero attached hydrogens (tertiary/aromatic N) is 2. The minimum Gasteiger partial charge on any atom is -0.378 e. The number of anilines is 3. The number of carbonyl (C=O) groups is 2. The summed E-state index contributed by atoms with van der Waals surface area (Å²) in [6, 6.07) is 22.6. The molecule has 3 rings (SSSR count). The molecule has 0 heterocycles. The largest absolute Gasteiger partial charge is 0.378 e. The minimum atomic E-state index is -0.314. The monoisotopic (exact) mass is 384 g/mol. The molecule has 0 aliphatic rings. The Bertz CT molecular complexity index is 1070. The average Bonchev–Trinajstić information content (AvgIpc) is 2.74. The Kier molecular flexibility index (Phi) is 5.91. The molecule has 0 atom stereocenters. The molecule has 3 aromatic rings. The number of amides is 2. The molecule has 0 aliphatic carbocycles. The van der Waals surface area contributed by atoms with Crippen molar-refractivity contribution in [2.75, 3.05) is 29.6 Å². The summed E-state index contributed by atoms with van der Waals surface area (Å²) in [5, 5.41) is 14.5. The number of hydrogen-bond acceptors (Lipinski definition) is 4. The van der Waals surface area contributed by atoms with E-state index in [-0.39, 0.29) is 11.8 Å². The number of benzene rings is 3. The third-order valence-corrected chi connectivity index (χ3v) is 4.30. The minimum absolute atomic E-state index is 0.253. The lowest BCUT2D eigenvalue weighted by Gasteiger charge is -2.13. The zero-order valence-electron chi connectivity index (χ0n) is 16.1. The Morgan fingerprint density at radius 2 is 1.34 bits per heavy atom. The molecule has 0 radical (unpaired) electrons. The molecule has 29 heavy (non-hydrogen) atoms. The maximum Gasteiger partial charge on any atom is 0.255 e. The van der Waals surface area contributed by atoms with Gasteiger partial charge in [-0.3, -0.25) is 9.59 Å². The summed E-state index contributed by atoms with van der Waals surface area (Å²) in [4.78, 5) is 26.8. The fourth-order valence-corrected chi connectivity index (χ4v) is 2.69. The van der Waals surface area contributed by atoms with Gasteiger partial charge in [-0.15, -0.1) is 0 Å². The zero-order valence-corrected chi connectivity index (χ0v) is 16.1. The van der Waals surface area contributed by atoms with Crippen LogP contribution < -0.4 is 15.5 Å². The van der Waals surface area contributed by atoms with Crippen molar-refractivity contribution in [3.05, 3.63) is 89.5 Å². The van der Waals surface area contributed by atoms with E-state index in [1.807, 2.05) is 49.3 Å². The SMILES string of the molecule is CN(C)c1ccc(NC(=O)c2ccc(C(=O)Nc3cccc(C#N)c3)cc2)cc1. The number of nitrogens with one attached hydrogen (secondary N) is 2. The van der Waals surface area contributed by atoms with Crippen LogP contribution >= 0.6 is 0 Å². The molecule has 0 saturated heterocycles. The van der Waals surface area contributed by atoms with Crippen LogP contribution in [0.5, 0.6) is 0 Å². The maximum absolute atomic E-state index is 12.4. The number of hydrogen-bond donors (Lipinski definition) is 2. The van der Waals surface area contributed by atoms with Gasteiger partial charge in [0.25, 0.3) is 11.8 Å². The van der Waals surface area contributed by atoms with Gasteiger partial charge in [0.15, 0.2) is 0 Å². The molecule has 0 fully saturated rings. The fraction of sp³-hybridized carbons (Fsp3) is 0.0870. The smallest absolute Gasteiger partial charge is 0.255 e. The van der Waals surface area contributed by atoms with Crippen molar-refractivity contribution < 1.29 is 9.59 Å². The van der Waals surface area contributed by atoms with Gasteiger partial charge in [-0.1, -0.05) is 6.07 Å². The second-order valence-electron chi connectivity index (χ2n) is 6.62. The van der Waals surface area contributed by atoms with Gasteiger partial charge in [-0.25, -0.2) is 0 Å². The lowest BCUT2D eigenvalue weighted by atomic mass is 10.1. The number of nitriles is 1. The van der Waals surface area contributed by atoms with Gasteiger partial charge in [-0.2, -0.15) is 5.26 Å². The first-order valence-electron chi connectivity index (χ1n) is 8.96. The highest BCUT2D eigenvalue weighted by Crippen LogP contribution is 2.17. The zero-order chi connectivity index (χ0) is 20.8. The Morgan fingerprint density at radius 3 is 1.86 bits per heavy atom. The second-order valence-corrected chi connectivity index (χ2v) is 6.62. The standard InChI is InChI=1S/C23H20N4O2/c1-27(2)21-12-10-19(11-13-21)25-22(28)17-6-8-18(9-7-17)23(29)26-20-5-3-4-16(14-20)15-24/h3-14H,1-2H3,(H,25,28)(H,26,29). The van der Waals surface area contributed by atoms with Crippen LogP contribution in [0.1, 0.15) is 26.3 Å². The first-order chi connectivity index (χ1) is 14.0. The molecule has 6 heteroatoms. The van der Waals surface area contributed by atoms with Crippen LogP contribution in [0.25, 0.3) is 0 Å². The van der Waals surface area contributed by atoms with E-state index in [1.54, 1.807) is 48.5 Å². The molecule has 144 valence electrons. The van der Waals surface area contributed by atoms with E-state index in [0.29, 0.717) is 28.1 Å². The van der Waals surface area contributed by atoms with E-state index in [2.05, 4.69) is 10.6 Å². The third kappa shape index (κ3) is 4.99. The molecule has 0 unspecified atom stereocenters. The molecule has 6 nitrogen and oxygen atoms in total. The van der Waals surface area contributed by atoms with Crippen LogP contribution in [0.15, 0.2) is 72.8 Å². The summed E-state index contributed by atoms with van der Waals surface area (Å²) in [5.41, 5.74) is 3.60. The first kappa shape index (κ1) is 19.6. The van der Waals surface area contributed by atoms with E-state index in [9.17, 15) is 9.59 Å². The van der Waals surface area contributed by atoms with Crippen LogP contribution in [-0.2, 0) is 0 Å². The van der Waals surface area contributed by atoms with E-state index in [1.165, 1.54) is 0 Å². The van der Waals surface area contributed by atoms with Gasteiger partial charge < -0.3 is 15.5 Å². The molecular formula is C23H20N4O2. The lowest BCUT2D eigenvalue weighted by Crippen LogP contribution is -2.14. The van der Waals surface area contributed by atoms with E-state index >= 15 is 0 Å². The Hall–Kier alpha value is -4.11. The molecule has 2 amide bonds. The van der Waals surface area contributed by atoms with Gasteiger partial charge in [-0.05, 0) is 66.7 Å². The van der Waals surface area contributed by atoms with E-state index in [0.717, 1.165) is 5.69 Å².